The van der Waals surface area contributed by atoms with E-state index in [1.165, 1.54) is 60.8 Å². The summed E-state index contributed by atoms with van der Waals surface area (Å²) in [6, 6.07) is 10.4. The Hall–Kier alpha value is -1.06. The Balaban J connectivity index is 1.49. The van der Waals surface area contributed by atoms with E-state index in [1.807, 2.05) is 11.3 Å². The Labute approximate surface area is 130 Å². The van der Waals surface area contributed by atoms with Gasteiger partial charge in [0, 0.05) is 22.5 Å². The normalized spacial score (nSPS) is 29.8. The van der Waals surface area contributed by atoms with E-state index in [-0.39, 0.29) is 0 Å². The zero-order chi connectivity index (χ0) is 14.1. The van der Waals surface area contributed by atoms with E-state index >= 15 is 0 Å². The first-order valence-corrected chi connectivity index (χ1v) is 9.25. The Morgan fingerprint density at radius 3 is 2.95 bits per heavy atom. The molecule has 1 aliphatic carbocycles. The zero-order valence-corrected chi connectivity index (χ0v) is 13.3. The number of anilines is 1. The van der Waals surface area contributed by atoms with Gasteiger partial charge in [-0.25, -0.2) is 0 Å². The van der Waals surface area contributed by atoms with Gasteiger partial charge in [0.25, 0.3) is 0 Å². The Morgan fingerprint density at radius 1 is 1.05 bits per heavy atom. The summed E-state index contributed by atoms with van der Waals surface area (Å²) in [5.41, 5.74) is 1.30. The van der Waals surface area contributed by atoms with Crippen LogP contribution in [0.15, 0.2) is 29.6 Å². The van der Waals surface area contributed by atoms with Crippen LogP contribution in [0.1, 0.15) is 38.5 Å². The molecule has 2 heterocycles. The quantitative estimate of drug-likeness (QED) is 0.864. The van der Waals surface area contributed by atoms with Gasteiger partial charge in [0.05, 0.1) is 0 Å². The molecule has 1 aliphatic heterocycles. The second-order valence-electron chi connectivity index (χ2n) is 6.58. The fourth-order valence-corrected chi connectivity index (χ4v) is 4.94. The van der Waals surface area contributed by atoms with Gasteiger partial charge in [0.15, 0.2) is 0 Å². The molecule has 2 nitrogen and oxygen atoms in total. The summed E-state index contributed by atoms with van der Waals surface area (Å²) in [6.45, 7) is 1.22. The van der Waals surface area contributed by atoms with Crippen molar-refractivity contribution in [2.24, 2.45) is 5.92 Å². The Kier molecular flexibility index (Phi) is 3.87. The standard InChI is InChI=1S/C18H24N2S/c1-2-10-19-16(5-1)15-4-3-6-17(15)20-14-7-8-18-13(12-14)9-11-21-18/h7-9,11-12,15-17,19-20H,1-6,10H2. The van der Waals surface area contributed by atoms with Crippen LogP contribution in [0.4, 0.5) is 5.69 Å². The van der Waals surface area contributed by atoms with E-state index < -0.39 is 0 Å². The maximum atomic E-state index is 3.83. The third kappa shape index (κ3) is 2.82. The fraction of sp³-hybridized carbons (Fsp3) is 0.556. The summed E-state index contributed by atoms with van der Waals surface area (Å²) in [5.74, 6) is 0.809. The summed E-state index contributed by atoms with van der Waals surface area (Å²) in [6.07, 6.45) is 8.21. The summed E-state index contributed by atoms with van der Waals surface area (Å²) in [5, 5.41) is 11.1. The maximum Gasteiger partial charge on any atom is 0.0349 e. The van der Waals surface area contributed by atoms with Crippen molar-refractivity contribution in [3.63, 3.8) is 0 Å². The van der Waals surface area contributed by atoms with Gasteiger partial charge in [-0.05, 0) is 73.2 Å². The molecule has 2 aliphatic rings. The molecule has 0 amide bonds. The second-order valence-corrected chi connectivity index (χ2v) is 7.52. The first-order valence-electron chi connectivity index (χ1n) is 8.37. The van der Waals surface area contributed by atoms with Crippen LogP contribution in [-0.4, -0.2) is 18.6 Å². The highest BCUT2D eigenvalue weighted by Gasteiger charge is 2.34. The van der Waals surface area contributed by atoms with Crippen LogP contribution in [0.2, 0.25) is 0 Å². The summed E-state index contributed by atoms with van der Waals surface area (Å²) < 4.78 is 1.39. The first-order chi connectivity index (χ1) is 10.4. The molecule has 112 valence electrons. The topological polar surface area (TPSA) is 24.1 Å². The van der Waals surface area contributed by atoms with Crippen LogP contribution >= 0.6 is 11.3 Å². The van der Waals surface area contributed by atoms with Gasteiger partial charge in [0.1, 0.15) is 0 Å². The van der Waals surface area contributed by atoms with Gasteiger partial charge in [-0.3, -0.25) is 0 Å². The Morgan fingerprint density at radius 2 is 2.05 bits per heavy atom. The van der Waals surface area contributed by atoms with E-state index in [4.69, 9.17) is 0 Å². The van der Waals surface area contributed by atoms with Crippen molar-refractivity contribution in [1.29, 1.82) is 0 Å². The van der Waals surface area contributed by atoms with Gasteiger partial charge in [-0.1, -0.05) is 12.8 Å². The van der Waals surface area contributed by atoms with Gasteiger partial charge >= 0.3 is 0 Å². The van der Waals surface area contributed by atoms with Crippen LogP contribution in [0.3, 0.4) is 0 Å². The molecular formula is C18H24N2S. The molecule has 4 rings (SSSR count). The van der Waals surface area contributed by atoms with Crippen LogP contribution in [0.5, 0.6) is 0 Å². The average molecular weight is 300 g/mol. The van der Waals surface area contributed by atoms with E-state index in [1.54, 1.807) is 0 Å². The maximum absolute atomic E-state index is 3.83. The lowest BCUT2D eigenvalue weighted by molar-refractivity contribution is 0.286. The fourth-order valence-electron chi connectivity index (χ4n) is 4.16. The molecule has 3 unspecified atom stereocenters. The van der Waals surface area contributed by atoms with Crippen LogP contribution in [-0.2, 0) is 0 Å². The first kappa shape index (κ1) is 13.6. The summed E-state index contributed by atoms with van der Waals surface area (Å²) in [4.78, 5) is 0. The summed E-state index contributed by atoms with van der Waals surface area (Å²) in [7, 11) is 0. The van der Waals surface area contributed by atoms with Gasteiger partial charge in [-0.2, -0.15) is 0 Å². The lowest BCUT2D eigenvalue weighted by Crippen LogP contribution is -2.44. The number of piperidine rings is 1. The molecule has 2 aromatic rings. The molecule has 2 fully saturated rings. The average Bonchev–Trinajstić information content (AvgIpc) is 3.16. The Bertz CT molecular complexity index is 600. The van der Waals surface area contributed by atoms with Crippen LogP contribution < -0.4 is 10.6 Å². The van der Waals surface area contributed by atoms with Crippen LogP contribution in [0.25, 0.3) is 10.1 Å². The number of rotatable bonds is 3. The van der Waals surface area contributed by atoms with Crippen molar-refractivity contribution >= 4 is 27.1 Å². The highest BCUT2D eigenvalue weighted by molar-refractivity contribution is 7.17. The molecular weight excluding hydrogens is 276 g/mol. The third-order valence-corrected chi connectivity index (χ3v) is 6.14. The highest BCUT2D eigenvalue weighted by atomic mass is 32.1. The van der Waals surface area contributed by atoms with Crippen molar-refractivity contribution in [3.05, 3.63) is 29.6 Å². The second kappa shape index (κ2) is 5.98. The minimum absolute atomic E-state index is 0.650. The van der Waals surface area contributed by atoms with Crippen molar-refractivity contribution in [2.45, 2.75) is 50.6 Å². The predicted molar refractivity (Wildman–Crippen MR) is 92.2 cm³/mol. The number of nitrogens with one attached hydrogen (secondary N) is 2. The molecule has 1 saturated carbocycles. The molecule has 0 bridgehead atoms. The lowest BCUT2D eigenvalue weighted by atomic mass is 9.88. The molecule has 1 aromatic carbocycles. The molecule has 3 atom stereocenters. The number of fused-ring (bicyclic) bond motifs is 1. The SMILES string of the molecule is c1cc2cc(NC3CCCC3C3CCCCN3)ccc2s1. The van der Waals surface area contributed by atoms with E-state index in [0.29, 0.717) is 6.04 Å². The molecule has 0 spiro atoms. The lowest BCUT2D eigenvalue weighted by Gasteiger charge is -2.33. The van der Waals surface area contributed by atoms with Gasteiger partial charge in [0.2, 0.25) is 0 Å². The molecule has 1 aromatic heterocycles. The smallest absolute Gasteiger partial charge is 0.0349 e. The monoisotopic (exact) mass is 300 g/mol. The predicted octanol–water partition coefficient (Wildman–Crippen LogP) is 4.62. The van der Waals surface area contributed by atoms with Crippen molar-refractivity contribution in [3.8, 4) is 0 Å². The number of benzene rings is 1. The third-order valence-electron chi connectivity index (χ3n) is 5.24. The number of hydrogen-bond donors (Lipinski definition) is 2. The van der Waals surface area contributed by atoms with Crippen molar-refractivity contribution in [2.75, 3.05) is 11.9 Å². The minimum Gasteiger partial charge on any atom is -0.382 e. The van der Waals surface area contributed by atoms with Crippen molar-refractivity contribution < 1.29 is 0 Å². The molecule has 1 saturated heterocycles. The van der Waals surface area contributed by atoms with E-state index in [9.17, 15) is 0 Å². The minimum atomic E-state index is 0.650. The number of thiophene rings is 1. The van der Waals surface area contributed by atoms with Crippen molar-refractivity contribution in [1.82, 2.24) is 5.32 Å². The van der Waals surface area contributed by atoms with E-state index in [2.05, 4.69) is 40.3 Å². The zero-order valence-electron chi connectivity index (χ0n) is 12.5. The molecule has 0 radical (unpaired) electrons. The van der Waals surface area contributed by atoms with E-state index in [0.717, 1.165) is 12.0 Å². The summed E-state index contributed by atoms with van der Waals surface area (Å²) >= 11 is 1.82. The number of hydrogen-bond acceptors (Lipinski definition) is 3. The largest absolute Gasteiger partial charge is 0.382 e. The van der Waals surface area contributed by atoms with Crippen LogP contribution in [0, 0.1) is 5.92 Å². The van der Waals surface area contributed by atoms with Gasteiger partial charge in [-0.15, -0.1) is 11.3 Å². The molecule has 2 N–H and O–H groups in total. The molecule has 3 heteroatoms. The highest BCUT2D eigenvalue weighted by Crippen LogP contribution is 2.34. The van der Waals surface area contributed by atoms with Gasteiger partial charge < -0.3 is 10.6 Å². The molecule has 21 heavy (non-hydrogen) atoms.